The Hall–Kier alpha value is -2.87. The molecule has 7 nitrogen and oxygen atoms in total. The lowest BCUT2D eigenvalue weighted by atomic mass is 10.2. The summed E-state index contributed by atoms with van der Waals surface area (Å²) < 4.78 is 5.73. The Morgan fingerprint density at radius 3 is 2.58 bits per heavy atom. The Morgan fingerprint density at radius 2 is 1.88 bits per heavy atom. The predicted molar refractivity (Wildman–Crippen MR) is 102 cm³/mol. The molecule has 0 aliphatic rings. The van der Waals surface area contributed by atoms with Gasteiger partial charge in [-0.2, -0.15) is 5.10 Å². The number of hydrazone groups is 1. The quantitative estimate of drug-likeness (QED) is 0.474. The Balaban J connectivity index is 1.82. The second-order valence-electron chi connectivity index (χ2n) is 5.25. The van der Waals surface area contributed by atoms with Gasteiger partial charge >= 0.3 is 0 Å². The van der Waals surface area contributed by atoms with Gasteiger partial charge in [0.15, 0.2) is 11.5 Å². The highest BCUT2D eigenvalue weighted by Crippen LogP contribution is 2.32. The molecule has 8 heteroatoms. The number of nitrogens with zero attached hydrogens (tertiary/aromatic N) is 1. The third-order valence-corrected chi connectivity index (χ3v) is 3.78. The first-order chi connectivity index (χ1) is 12.5. The lowest BCUT2D eigenvalue weighted by Crippen LogP contribution is -2.20. The van der Waals surface area contributed by atoms with Gasteiger partial charge in [0, 0.05) is 28.6 Å². The van der Waals surface area contributed by atoms with Crippen LogP contribution in [0.25, 0.3) is 0 Å². The molecule has 2 aromatic carbocycles. The van der Waals surface area contributed by atoms with Crippen LogP contribution in [-0.4, -0.2) is 30.2 Å². The first-order valence-electron chi connectivity index (χ1n) is 7.73. The van der Waals surface area contributed by atoms with Crippen molar-refractivity contribution < 1.29 is 19.4 Å². The maximum Gasteiger partial charge on any atom is 0.240 e. The van der Waals surface area contributed by atoms with E-state index in [0.717, 1.165) is 0 Å². The molecule has 3 N–H and O–H groups in total. The van der Waals surface area contributed by atoms with Crippen LogP contribution in [0.2, 0.25) is 0 Å². The van der Waals surface area contributed by atoms with Gasteiger partial charge in [0.05, 0.1) is 13.3 Å². The number of aromatic hydroxyl groups is 1. The first-order valence-corrected chi connectivity index (χ1v) is 8.52. The van der Waals surface area contributed by atoms with Crippen LogP contribution in [0.1, 0.15) is 18.4 Å². The number of halogens is 1. The van der Waals surface area contributed by atoms with E-state index in [9.17, 15) is 14.7 Å². The van der Waals surface area contributed by atoms with Crippen LogP contribution in [0.3, 0.4) is 0 Å². The van der Waals surface area contributed by atoms with Crippen molar-refractivity contribution in [1.82, 2.24) is 5.43 Å². The van der Waals surface area contributed by atoms with Crippen molar-refractivity contribution in [2.75, 3.05) is 12.4 Å². The van der Waals surface area contributed by atoms with Crippen LogP contribution in [0.4, 0.5) is 5.69 Å². The normalized spacial score (nSPS) is 10.5. The lowest BCUT2D eigenvalue weighted by molar-refractivity contribution is -0.124. The molecule has 0 aliphatic carbocycles. The minimum Gasteiger partial charge on any atom is -0.504 e. The summed E-state index contributed by atoms with van der Waals surface area (Å²) in [6, 6.07) is 12.2. The fourth-order valence-corrected chi connectivity index (χ4v) is 2.50. The Morgan fingerprint density at radius 1 is 1.19 bits per heavy atom. The molecule has 0 aromatic heterocycles. The molecule has 0 radical (unpaired) electrons. The molecule has 0 heterocycles. The fraction of sp³-hybridized carbons (Fsp3) is 0.167. The maximum absolute atomic E-state index is 11.8. The number of carbonyl (C=O) groups excluding carboxylic acids is 2. The summed E-state index contributed by atoms with van der Waals surface area (Å²) in [5.41, 5.74) is 3.37. The second-order valence-corrected chi connectivity index (χ2v) is 6.17. The SMILES string of the molecule is COc1cc(Br)cc(/C=N/NC(=O)CCC(=O)Nc2ccccc2)c1O. The van der Waals surface area contributed by atoms with Gasteiger partial charge < -0.3 is 15.2 Å². The topological polar surface area (TPSA) is 100 Å². The highest BCUT2D eigenvalue weighted by atomic mass is 79.9. The molecule has 0 saturated heterocycles. The lowest BCUT2D eigenvalue weighted by Gasteiger charge is -2.07. The monoisotopic (exact) mass is 419 g/mol. The summed E-state index contributed by atoms with van der Waals surface area (Å²) in [5.74, 6) is -0.476. The Bertz CT molecular complexity index is 810. The molecule has 26 heavy (non-hydrogen) atoms. The van der Waals surface area contributed by atoms with Crippen molar-refractivity contribution in [3.63, 3.8) is 0 Å². The van der Waals surface area contributed by atoms with E-state index in [1.807, 2.05) is 18.2 Å². The highest BCUT2D eigenvalue weighted by Gasteiger charge is 2.09. The molecule has 136 valence electrons. The smallest absolute Gasteiger partial charge is 0.240 e. The average Bonchev–Trinajstić information content (AvgIpc) is 2.63. The minimum atomic E-state index is -0.411. The number of nitrogens with one attached hydrogen (secondary N) is 2. The highest BCUT2D eigenvalue weighted by molar-refractivity contribution is 9.10. The number of amides is 2. The number of hydrogen-bond acceptors (Lipinski definition) is 5. The van der Waals surface area contributed by atoms with Gasteiger partial charge in [-0.3, -0.25) is 9.59 Å². The number of anilines is 1. The van der Waals surface area contributed by atoms with E-state index < -0.39 is 5.91 Å². The van der Waals surface area contributed by atoms with Gasteiger partial charge in [-0.15, -0.1) is 0 Å². The number of ether oxygens (including phenoxy) is 1. The molecule has 2 rings (SSSR count). The fourth-order valence-electron chi connectivity index (χ4n) is 2.05. The van der Waals surface area contributed by atoms with Crippen LogP contribution >= 0.6 is 15.9 Å². The van der Waals surface area contributed by atoms with E-state index in [1.54, 1.807) is 24.3 Å². The largest absolute Gasteiger partial charge is 0.504 e. The van der Waals surface area contributed by atoms with E-state index >= 15 is 0 Å². The number of carbonyl (C=O) groups is 2. The second kappa shape index (κ2) is 9.57. The van der Waals surface area contributed by atoms with Gasteiger partial charge in [0.1, 0.15) is 0 Å². The number of phenols is 1. The van der Waals surface area contributed by atoms with Gasteiger partial charge in [0.2, 0.25) is 11.8 Å². The van der Waals surface area contributed by atoms with E-state index in [1.165, 1.54) is 13.3 Å². The molecule has 0 fully saturated rings. The van der Waals surface area contributed by atoms with E-state index in [2.05, 4.69) is 31.8 Å². The van der Waals surface area contributed by atoms with E-state index in [4.69, 9.17) is 4.74 Å². The maximum atomic E-state index is 11.8. The van der Waals surface area contributed by atoms with E-state index in [-0.39, 0.29) is 30.2 Å². The van der Waals surface area contributed by atoms with Crippen LogP contribution in [0.15, 0.2) is 52.0 Å². The number of hydrogen-bond donors (Lipinski definition) is 3. The predicted octanol–water partition coefficient (Wildman–Crippen LogP) is 3.03. The van der Waals surface area contributed by atoms with Crippen LogP contribution < -0.4 is 15.5 Å². The number of methoxy groups -OCH3 is 1. The summed E-state index contributed by atoms with van der Waals surface area (Å²) in [6.45, 7) is 0. The van der Waals surface area contributed by atoms with Gasteiger partial charge in [-0.05, 0) is 24.3 Å². The molecule has 2 amide bonds. The molecule has 0 saturated carbocycles. The van der Waals surface area contributed by atoms with E-state index in [0.29, 0.717) is 15.7 Å². The molecule has 0 aliphatic heterocycles. The molecule has 0 spiro atoms. The van der Waals surface area contributed by atoms with Gasteiger partial charge in [-0.1, -0.05) is 34.1 Å². The number of para-hydroxylation sites is 1. The number of phenolic OH excluding ortho intramolecular Hbond substituents is 1. The number of benzene rings is 2. The van der Waals surface area contributed by atoms with Gasteiger partial charge in [-0.25, -0.2) is 5.43 Å². The van der Waals surface area contributed by atoms with Crippen LogP contribution in [0, 0.1) is 0 Å². The van der Waals surface area contributed by atoms with Crippen molar-refractivity contribution >= 4 is 39.6 Å². The summed E-state index contributed by atoms with van der Waals surface area (Å²) in [5, 5.41) is 16.5. The van der Waals surface area contributed by atoms with Crippen molar-refractivity contribution in [3.05, 3.63) is 52.5 Å². The van der Waals surface area contributed by atoms with Crippen LogP contribution in [-0.2, 0) is 9.59 Å². The molecular formula is C18H18BrN3O4. The zero-order valence-electron chi connectivity index (χ0n) is 14.0. The van der Waals surface area contributed by atoms with Crippen molar-refractivity contribution in [1.29, 1.82) is 0 Å². The van der Waals surface area contributed by atoms with Crippen LogP contribution in [0.5, 0.6) is 11.5 Å². The molecule has 0 unspecified atom stereocenters. The summed E-state index contributed by atoms with van der Waals surface area (Å²) >= 11 is 3.29. The minimum absolute atomic E-state index is 0.0101. The van der Waals surface area contributed by atoms with Crippen molar-refractivity contribution in [2.45, 2.75) is 12.8 Å². The summed E-state index contributed by atoms with van der Waals surface area (Å²) in [6.07, 6.45) is 1.32. The Labute approximate surface area is 159 Å². The summed E-state index contributed by atoms with van der Waals surface area (Å²) in [4.78, 5) is 23.5. The van der Waals surface area contributed by atoms with Crippen molar-refractivity contribution in [3.8, 4) is 11.5 Å². The van der Waals surface area contributed by atoms with Gasteiger partial charge in [0.25, 0.3) is 0 Å². The third-order valence-electron chi connectivity index (χ3n) is 3.32. The molecular weight excluding hydrogens is 402 g/mol. The first kappa shape index (κ1) is 19.5. The Kier molecular flexibility index (Phi) is 7.16. The average molecular weight is 420 g/mol. The zero-order chi connectivity index (χ0) is 18.9. The number of rotatable bonds is 7. The zero-order valence-corrected chi connectivity index (χ0v) is 15.6. The molecule has 2 aromatic rings. The standard InChI is InChI=1S/C18H18BrN3O4/c1-26-15-10-13(19)9-12(18(15)25)11-20-22-17(24)8-7-16(23)21-14-5-3-2-4-6-14/h2-6,9-11,25H,7-8H2,1H3,(H,21,23)(H,22,24)/b20-11+. The summed E-state index contributed by atoms with van der Waals surface area (Å²) in [7, 11) is 1.44. The molecule has 0 atom stereocenters. The van der Waals surface area contributed by atoms with Crippen molar-refractivity contribution in [2.24, 2.45) is 5.10 Å². The third kappa shape index (κ3) is 5.89. The molecule has 0 bridgehead atoms.